The Morgan fingerprint density at radius 1 is 1.08 bits per heavy atom. The van der Waals surface area contributed by atoms with Crippen molar-refractivity contribution < 1.29 is 4.79 Å². The molecule has 0 unspecified atom stereocenters. The van der Waals surface area contributed by atoms with Gasteiger partial charge in [0.2, 0.25) is 0 Å². The van der Waals surface area contributed by atoms with E-state index in [4.69, 9.17) is 17.3 Å². The largest absolute Gasteiger partial charge is 0.399 e. The van der Waals surface area contributed by atoms with Crippen molar-refractivity contribution in [2.45, 2.75) is 53.0 Å². The summed E-state index contributed by atoms with van der Waals surface area (Å²) in [6.45, 7) is 11.1. The number of benzene rings is 2. The summed E-state index contributed by atoms with van der Waals surface area (Å²) in [5.74, 6) is -0.117. The van der Waals surface area contributed by atoms with Gasteiger partial charge in [0.1, 0.15) is 0 Å². The Morgan fingerprint density at radius 2 is 1.64 bits per heavy atom. The lowest BCUT2D eigenvalue weighted by Crippen LogP contribution is -2.23. The monoisotopic (exact) mass is 360 g/mol. The molecule has 136 valence electrons. The van der Waals surface area contributed by atoms with Crippen LogP contribution in [0.25, 0.3) is 0 Å². The molecule has 0 aliphatic rings. The van der Waals surface area contributed by atoms with Crippen LogP contribution >= 0.6 is 11.6 Å². The molecule has 0 aliphatic heterocycles. The average molecular weight is 361 g/mol. The van der Waals surface area contributed by atoms with E-state index in [1.165, 1.54) is 12.0 Å². The highest BCUT2D eigenvalue weighted by Gasteiger charge is 2.14. The predicted octanol–water partition coefficient (Wildman–Crippen LogP) is 5.57. The fourth-order valence-corrected chi connectivity index (χ4v) is 2.36. The lowest BCUT2D eigenvalue weighted by molar-refractivity contribution is 0.0951. The zero-order chi connectivity index (χ0) is 19.0. The van der Waals surface area contributed by atoms with Crippen molar-refractivity contribution >= 4 is 23.2 Å². The van der Waals surface area contributed by atoms with Gasteiger partial charge >= 0.3 is 0 Å². The van der Waals surface area contributed by atoms with Gasteiger partial charge in [-0.1, -0.05) is 70.8 Å². The molecule has 2 rings (SSSR count). The Labute approximate surface area is 156 Å². The average Bonchev–Trinajstić information content (AvgIpc) is 2.54. The molecule has 2 aromatic carbocycles. The molecule has 1 amide bonds. The van der Waals surface area contributed by atoms with Crippen molar-refractivity contribution in [2.24, 2.45) is 0 Å². The molecule has 0 radical (unpaired) electrons. The second-order valence-electron chi connectivity index (χ2n) is 7.07. The van der Waals surface area contributed by atoms with E-state index in [1.807, 2.05) is 30.3 Å². The molecule has 0 bridgehead atoms. The number of hydrogen-bond acceptors (Lipinski definition) is 2. The zero-order valence-corrected chi connectivity index (χ0v) is 16.6. The molecule has 3 nitrogen and oxygen atoms in total. The fraction of sp³-hybridized carbons (Fsp3) is 0.381. The molecule has 25 heavy (non-hydrogen) atoms. The number of halogens is 1. The Morgan fingerprint density at radius 3 is 2.12 bits per heavy atom. The third kappa shape index (κ3) is 6.79. The van der Waals surface area contributed by atoms with Crippen LogP contribution in [0.2, 0.25) is 5.02 Å². The molecule has 4 heteroatoms. The second kappa shape index (κ2) is 9.47. The molecule has 0 atom stereocenters. The van der Waals surface area contributed by atoms with Gasteiger partial charge < -0.3 is 11.1 Å². The van der Waals surface area contributed by atoms with Crippen LogP contribution in [-0.2, 0) is 12.0 Å². The van der Waals surface area contributed by atoms with Gasteiger partial charge in [-0.2, -0.15) is 0 Å². The van der Waals surface area contributed by atoms with E-state index in [0.717, 1.165) is 5.56 Å². The number of carbonyl (C=O) groups excluding carboxylic acids is 1. The summed E-state index contributed by atoms with van der Waals surface area (Å²) in [5, 5.41) is 3.43. The molecule has 0 aliphatic carbocycles. The van der Waals surface area contributed by atoms with Crippen molar-refractivity contribution in [1.29, 1.82) is 0 Å². The predicted molar refractivity (Wildman–Crippen MR) is 108 cm³/mol. The van der Waals surface area contributed by atoms with Crippen molar-refractivity contribution in [3.63, 3.8) is 0 Å². The smallest absolute Gasteiger partial charge is 0.251 e. The summed E-state index contributed by atoms with van der Waals surface area (Å²) in [4.78, 5) is 12.2. The van der Waals surface area contributed by atoms with Crippen LogP contribution in [0.4, 0.5) is 5.69 Å². The first-order valence-electron chi connectivity index (χ1n) is 8.61. The maximum atomic E-state index is 12.2. The van der Waals surface area contributed by atoms with E-state index in [2.05, 4.69) is 39.9 Å². The van der Waals surface area contributed by atoms with Gasteiger partial charge in [0.25, 0.3) is 5.91 Å². The lowest BCUT2D eigenvalue weighted by Gasteiger charge is -2.19. The van der Waals surface area contributed by atoms with Crippen LogP contribution in [0.5, 0.6) is 0 Å². The topological polar surface area (TPSA) is 55.1 Å². The molecule has 0 aromatic heterocycles. The Balaban J connectivity index is 0.000000970. The second-order valence-corrected chi connectivity index (χ2v) is 7.48. The lowest BCUT2D eigenvalue weighted by atomic mass is 9.87. The number of rotatable bonds is 3. The van der Waals surface area contributed by atoms with Gasteiger partial charge in [0.15, 0.2) is 0 Å². The van der Waals surface area contributed by atoms with Gasteiger partial charge in [-0.3, -0.25) is 4.79 Å². The van der Waals surface area contributed by atoms with E-state index < -0.39 is 0 Å². The maximum absolute atomic E-state index is 12.2. The summed E-state index contributed by atoms with van der Waals surface area (Å²) in [7, 11) is 0. The first kappa shape index (κ1) is 21.0. The van der Waals surface area contributed by atoms with Gasteiger partial charge in [-0.25, -0.2) is 0 Å². The standard InChI is InChI=1S/C18H21ClN2O.C3H8/c1-18(2,3)14-7-4-12(5-8-14)17(22)21-11-13-6-9-15(20)10-16(13)19;1-3-2/h4-10H,11,20H2,1-3H3,(H,21,22);3H2,1-2H3. The van der Waals surface area contributed by atoms with Crippen LogP contribution in [0.15, 0.2) is 42.5 Å². The third-order valence-electron chi connectivity index (χ3n) is 3.53. The summed E-state index contributed by atoms with van der Waals surface area (Å²) in [6, 6.07) is 12.9. The first-order valence-corrected chi connectivity index (χ1v) is 8.99. The minimum atomic E-state index is -0.117. The zero-order valence-electron chi connectivity index (χ0n) is 15.8. The highest BCUT2D eigenvalue weighted by atomic mass is 35.5. The van der Waals surface area contributed by atoms with Crippen LogP contribution in [0.3, 0.4) is 0 Å². The van der Waals surface area contributed by atoms with E-state index in [0.29, 0.717) is 22.8 Å². The molecule has 0 heterocycles. The Kier molecular flexibility index (Phi) is 7.98. The summed E-state index contributed by atoms with van der Waals surface area (Å²) in [5.41, 5.74) is 9.02. The van der Waals surface area contributed by atoms with Crippen LogP contribution in [0.1, 0.15) is 62.5 Å². The highest BCUT2D eigenvalue weighted by Crippen LogP contribution is 2.22. The minimum absolute atomic E-state index is 0.0759. The minimum Gasteiger partial charge on any atom is -0.399 e. The van der Waals surface area contributed by atoms with Gasteiger partial charge in [0, 0.05) is 22.8 Å². The molecular formula is C21H29ClN2O. The Bertz CT molecular complexity index is 688. The van der Waals surface area contributed by atoms with Gasteiger partial charge in [-0.15, -0.1) is 0 Å². The summed E-state index contributed by atoms with van der Waals surface area (Å²) in [6.07, 6.45) is 1.25. The highest BCUT2D eigenvalue weighted by molar-refractivity contribution is 6.31. The van der Waals surface area contributed by atoms with Crippen LogP contribution in [-0.4, -0.2) is 5.91 Å². The van der Waals surface area contributed by atoms with Crippen molar-refractivity contribution in [3.8, 4) is 0 Å². The van der Waals surface area contributed by atoms with Gasteiger partial charge in [-0.05, 0) is 40.8 Å². The van der Waals surface area contributed by atoms with Crippen LogP contribution in [0, 0.1) is 0 Å². The molecule has 0 spiro atoms. The van der Waals surface area contributed by atoms with Gasteiger partial charge in [0.05, 0.1) is 0 Å². The fourth-order valence-electron chi connectivity index (χ4n) is 2.11. The molecule has 0 saturated heterocycles. The molecule has 2 aromatic rings. The number of anilines is 1. The quantitative estimate of drug-likeness (QED) is 0.703. The summed E-state index contributed by atoms with van der Waals surface area (Å²) < 4.78 is 0. The van der Waals surface area contributed by atoms with Crippen molar-refractivity contribution in [3.05, 3.63) is 64.2 Å². The Hall–Kier alpha value is -2.00. The van der Waals surface area contributed by atoms with Crippen molar-refractivity contribution in [1.82, 2.24) is 5.32 Å². The number of nitrogens with two attached hydrogens (primary N) is 1. The van der Waals surface area contributed by atoms with E-state index >= 15 is 0 Å². The first-order chi connectivity index (χ1) is 11.7. The normalized spacial score (nSPS) is 10.6. The van der Waals surface area contributed by atoms with Crippen molar-refractivity contribution in [2.75, 3.05) is 5.73 Å². The number of hydrogen-bond donors (Lipinski definition) is 2. The number of amides is 1. The third-order valence-corrected chi connectivity index (χ3v) is 3.88. The summed E-state index contributed by atoms with van der Waals surface area (Å²) >= 11 is 6.10. The van der Waals surface area contributed by atoms with E-state index in [1.54, 1.807) is 12.1 Å². The number of nitrogens with one attached hydrogen (secondary N) is 1. The molecule has 0 fully saturated rings. The number of nitrogen functional groups attached to an aromatic ring is 1. The molecular weight excluding hydrogens is 332 g/mol. The SMILES string of the molecule is CC(C)(C)c1ccc(C(=O)NCc2ccc(N)cc2Cl)cc1.CCC. The number of carbonyl (C=O) groups is 1. The molecule has 3 N–H and O–H groups in total. The van der Waals surface area contributed by atoms with Crippen LogP contribution < -0.4 is 11.1 Å². The van der Waals surface area contributed by atoms with E-state index in [-0.39, 0.29) is 11.3 Å². The maximum Gasteiger partial charge on any atom is 0.251 e. The molecule has 0 saturated carbocycles. The van der Waals surface area contributed by atoms with E-state index in [9.17, 15) is 4.79 Å².